The van der Waals surface area contributed by atoms with Crippen LogP contribution < -0.4 is 10.6 Å². The van der Waals surface area contributed by atoms with Crippen LogP contribution >= 0.6 is 0 Å². The number of amides is 4. The molecule has 27 heavy (non-hydrogen) atoms. The smallest absolute Gasteiger partial charge is 0.321 e. The molecule has 1 aromatic rings. The second-order valence-electron chi connectivity index (χ2n) is 6.67. The standard InChI is InChI=1S/C19H32N4O4/c1-6-22(11-14(4)24)18(26)20-16-9-8-13(3)17(10-16)21-19(27)23(7-2)12-15(5)25/h8-10,14-15,24-25H,6-7,11-12H2,1-5H3,(H,20,26)(H,21,27)/t14-,15+/m0/s1. The first kappa shape index (κ1) is 22.7. The number of aryl methyl sites for hydroxylation is 1. The van der Waals surface area contributed by atoms with E-state index in [0.717, 1.165) is 5.56 Å². The van der Waals surface area contributed by atoms with E-state index in [9.17, 15) is 19.8 Å². The Bertz CT molecular complexity index is 634. The topological polar surface area (TPSA) is 105 Å². The zero-order valence-electron chi connectivity index (χ0n) is 16.8. The third kappa shape index (κ3) is 7.44. The highest BCUT2D eigenvalue weighted by atomic mass is 16.3. The molecule has 0 aliphatic heterocycles. The largest absolute Gasteiger partial charge is 0.392 e. The molecule has 0 bridgehead atoms. The molecule has 152 valence electrons. The van der Waals surface area contributed by atoms with Gasteiger partial charge < -0.3 is 30.6 Å². The number of benzene rings is 1. The number of nitrogens with zero attached hydrogens (tertiary/aromatic N) is 2. The Labute approximate surface area is 161 Å². The number of carbonyl (C=O) groups excluding carboxylic acids is 2. The van der Waals surface area contributed by atoms with E-state index >= 15 is 0 Å². The molecule has 4 amide bonds. The van der Waals surface area contributed by atoms with E-state index in [4.69, 9.17) is 0 Å². The number of anilines is 2. The van der Waals surface area contributed by atoms with Crippen molar-refractivity contribution in [2.45, 2.75) is 46.8 Å². The first-order valence-electron chi connectivity index (χ1n) is 9.26. The lowest BCUT2D eigenvalue weighted by molar-refractivity contribution is 0.141. The number of nitrogens with one attached hydrogen (secondary N) is 2. The lowest BCUT2D eigenvalue weighted by atomic mass is 10.2. The van der Waals surface area contributed by atoms with Crippen LogP contribution in [0.15, 0.2) is 18.2 Å². The number of hydrogen-bond acceptors (Lipinski definition) is 4. The van der Waals surface area contributed by atoms with E-state index < -0.39 is 12.2 Å². The number of carbonyl (C=O) groups is 2. The maximum Gasteiger partial charge on any atom is 0.321 e. The monoisotopic (exact) mass is 380 g/mol. The first-order chi connectivity index (χ1) is 12.7. The van der Waals surface area contributed by atoms with E-state index in [1.54, 1.807) is 32.0 Å². The summed E-state index contributed by atoms with van der Waals surface area (Å²) in [6.45, 7) is 10.2. The van der Waals surface area contributed by atoms with Gasteiger partial charge in [-0.25, -0.2) is 9.59 Å². The molecule has 0 heterocycles. The highest BCUT2D eigenvalue weighted by Crippen LogP contribution is 2.21. The van der Waals surface area contributed by atoms with Crippen molar-refractivity contribution in [2.24, 2.45) is 0 Å². The van der Waals surface area contributed by atoms with Gasteiger partial charge in [-0.15, -0.1) is 0 Å². The molecule has 0 unspecified atom stereocenters. The highest BCUT2D eigenvalue weighted by molar-refractivity contribution is 5.93. The summed E-state index contributed by atoms with van der Waals surface area (Å²) in [5.74, 6) is 0. The van der Waals surface area contributed by atoms with Gasteiger partial charge in [0.1, 0.15) is 0 Å². The van der Waals surface area contributed by atoms with E-state index in [2.05, 4.69) is 10.6 Å². The summed E-state index contributed by atoms with van der Waals surface area (Å²) in [5, 5.41) is 24.6. The fraction of sp³-hybridized carbons (Fsp3) is 0.579. The molecule has 1 rings (SSSR count). The van der Waals surface area contributed by atoms with Crippen molar-refractivity contribution in [3.05, 3.63) is 23.8 Å². The van der Waals surface area contributed by atoms with Crippen LogP contribution in [0.1, 0.15) is 33.3 Å². The van der Waals surface area contributed by atoms with Gasteiger partial charge in [-0.3, -0.25) is 0 Å². The molecule has 0 saturated heterocycles. The molecular formula is C19H32N4O4. The van der Waals surface area contributed by atoms with Crippen molar-refractivity contribution < 1.29 is 19.8 Å². The SMILES string of the molecule is CCN(C[C@H](C)O)C(=O)Nc1ccc(C)c(NC(=O)N(CC)C[C@@H](C)O)c1. The quantitative estimate of drug-likeness (QED) is 0.556. The molecular weight excluding hydrogens is 348 g/mol. The van der Waals surface area contributed by atoms with Crippen LogP contribution in [0.2, 0.25) is 0 Å². The molecule has 0 radical (unpaired) electrons. The van der Waals surface area contributed by atoms with Crippen LogP contribution in [-0.4, -0.2) is 70.5 Å². The fourth-order valence-electron chi connectivity index (χ4n) is 2.58. The summed E-state index contributed by atoms with van der Waals surface area (Å²) in [6, 6.07) is 4.63. The van der Waals surface area contributed by atoms with Crippen molar-refractivity contribution in [3.8, 4) is 0 Å². The summed E-state index contributed by atoms with van der Waals surface area (Å²) < 4.78 is 0. The van der Waals surface area contributed by atoms with Gasteiger partial charge in [0.05, 0.1) is 12.2 Å². The molecule has 0 aliphatic carbocycles. The maximum absolute atomic E-state index is 12.4. The van der Waals surface area contributed by atoms with Crippen LogP contribution in [0.3, 0.4) is 0 Å². The summed E-state index contributed by atoms with van der Waals surface area (Å²) in [6.07, 6.45) is -1.23. The second kappa shape index (κ2) is 10.7. The Morgan fingerprint density at radius 2 is 1.44 bits per heavy atom. The Morgan fingerprint density at radius 1 is 0.963 bits per heavy atom. The van der Waals surface area contributed by atoms with Crippen LogP contribution in [0, 0.1) is 6.92 Å². The Kier molecular flexibility index (Phi) is 9.04. The van der Waals surface area contributed by atoms with E-state index in [-0.39, 0.29) is 25.2 Å². The van der Waals surface area contributed by atoms with E-state index in [1.807, 2.05) is 20.8 Å². The fourth-order valence-corrected chi connectivity index (χ4v) is 2.58. The van der Waals surface area contributed by atoms with Crippen LogP contribution in [0.4, 0.5) is 21.0 Å². The van der Waals surface area contributed by atoms with Crippen molar-refractivity contribution in [2.75, 3.05) is 36.8 Å². The third-order valence-corrected chi connectivity index (χ3v) is 4.04. The van der Waals surface area contributed by atoms with Gasteiger partial charge in [0.15, 0.2) is 0 Å². The van der Waals surface area contributed by atoms with Crippen molar-refractivity contribution in [1.29, 1.82) is 0 Å². The number of aliphatic hydroxyl groups is 2. The second-order valence-corrected chi connectivity index (χ2v) is 6.67. The van der Waals surface area contributed by atoms with Gasteiger partial charge in [-0.05, 0) is 52.3 Å². The molecule has 0 saturated carbocycles. The van der Waals surface area contributed by atoms with Crippen molar-refractivity contribution >= 4 is 23.4 Å². The number of likely N-dealkylation sites (N-methyl/N-ethyl adjacent to an activating group) is 2. The minimum absolute atomic E-state index is 0.239. The average Bonchev–Trinajstić information content (AvgIpc) is 2.59. The summed E-state index contributed by atoms with van der Waals surface area (Å²) >= 11 is 0. The number of aliphatic hydroxyl groups excluding tert-OH is 2. The summed E-state index contributed by atoms with van der Waals surface area (Å²) in [4.78, 5) is 27.8. The molecule has 2 atom stereocenters. The third-order valence-electron chi connectivity index (χ3n) is 4.04. The number of hydrogen-bond donors (Lipinski definition) is 4. The van der Waals surface area contributed by atoms with Crippen LogP contribution in [0.5, 0.6) is 0 Å². The van der Waals surface area contributed by atoms with Crippen LogP contribution in [-0.2, 0) is 0 Å². The molecule has 1 aromatic carbocycles. The van der Waals surface area contributed by atoms with Crippen molar-refractivity contribution in [3.63, 3.8) is 0 Å². The predicted octanol–water partition coefficient (Wildman–Crippen LogP) is 2.46. The minimum Gasteiger partial charge on any atom is -0.392 e. The van der Waals surface area contributed by atoms with Gasteiger partial charge in [-0.1, -0.05) is 6.07 Å². The Hall–Kier alpha value is -2.32. The van der Waals surface area contributed by atoms with E-state index in [0.29, 0.717) is 24.5 Å². The number of rotatable bonds is 8. The zero-order valence-corrected chi connectivity index (χ0v) is 16.8. The lowest BCUT2D eigenvalue weighted by Crippen LogP contribution is -2.39. The van der Waals surface area contributed by atoms with Gasteiger partial charge in [0.2, 0.25) is 0 Å². The Balaban J connectivity index is 2.87. The van der Waals surface area contributed by atoms with E-state index in [1.165, 1.54) is 9.80 Å². The zero-order chi connectivity index (χ0) is 20.6. The first-order valence-corrected chi connectivity index (χ1v) is 9.26. The molecule has 8 heteroatoms. The van der Waals surface area contributed by atoms with Crippen molar-refractivity contribution in [1.82, 2.24) is 9.80 Å². The molecule has 4 N–H and O–H groups in total. The summed E-state index contributed by atoms with van der Waals surface area (Å²) in [7, 11) is 0. The van der Waals surface area contributed by atoms with Gasteiger partial charge in [0, 0.05) is 37.6 Å². The lowest BCUT2D eigenvalue weighted by Gasteiger charge is -2.24. The van der Waals surface area contributed by atoms with Gasteiger partial charge >= 0.3 is 12.1 Å². The van der Waals surface area contributed by atoms with Gasteiger partial charge in [-0.2, -0.15) is 0 Å². The molecule has 8 nitrogen and oxygen atoms in total. The van der Waals surface area contributed by atoms with Gasteiger partial charge in [0.25, 0.3) is 0 Å². The highest BCUT2D eigenvalue weighted by Gasteiger charge is 2.17. The summed E-state index contributed by atoms with van der Waals surface area (Å²) in [5.41, 5.74) is 1.98. The molecule has 0 fully saturated rings. The normalized spacial score (nSPS) is 12.9. The van der Waals surface area contributed by atoms with Crippen LogP contribution in [0.25, 0.3) is 0 Å². The molecule has 0 spiro atoms. The number of urea groups is 2. The predicted molar refractivity (Wildman–Crippen MR) is 107 cm³/mol. The average molecular weight is 380 g/mol. The molecule has 0 aliphatic rings. The molecule has 0 aromatic heterocycles. The minimum atomic E-state index is -0.614. The maximum atomic E-state index is 12.4. The Morgan fingerprint density at radius 3 is 1.89 bits per heavy atom.